The van der Waals surface area contributed by atoms with Gasteiger partial charge in [0.2, 0.25) is 0 Å². The standard InChI is InChI=1S/C18H25BN2O4/c1-7-23-16(22)11-21-15-9-8-14(12(2)13(15)10-20-21)19-24-17(3,4)18(5,6)25-19/h8-10H,7,11H2,1-6H3. The van der Waals surface area contributed by atoms with Gasteiger partial charge in [0.05, 0.1) is 29.5 Å². The van der Waals surface area contributed by atoms with Gasteiger partial charge >= 0.3 is 13.1 Å². The van der Waals surface area contributed by atoms with Gasteiger partial charge in [-0.05, 0) is 58.6 Å². The van der Waals surface area contributed by atoms with Crippen LogP contribution in [0.15, 0.2) is 18.3 Å². The number of ether oxygens (including phenoxy) is 1. The van der Waals surface area contributed by atoms with E-state index in [9.17, 15) is 4.79 Å². The lowest BCUT2D eigenvalue weighted by Gasteiger charge is -2.32. The number of esters is 1. The molecule has 1 aromatic carbocycles. The van der Waals surface area contributed by atoms with E-state index in [0.717, 1.165) is 21.9 Å². The number of benzene rings is 1. The highest BCUT2D eigenvalue weighted by molar-refractivity contribution is 6.63. The van der Waals surface area contributed by atoms with Gasteiger partial charge in [0.15, 0.2) is 0 Å². The van der Waals surface area contributed by atoms with Crippen LogP contribution in [0, 0.1) is 6.92 Å². The summed E-state index contributed by atoms with van der Waals surface area (Å²) in [4.78, 5) is 11.7. The lowest BCUT2D eigenvalue weighted by molar-refractivity contribution is -0.143. The number of nitrogens with zero attached hydrogens (tertiary/aromatic N) is 2. The Labute approximate surface area is 148 Å². The van der Waals surface area contributed by atoms with Crippen molar-refractivity contribution in [1.82, 2.24) is 9.78 Å². The number of hydrogen-bond donors (Lipinski definition) is 0. The summed E-state index contributed by atoms with van der Waals surface area (Å²) in [5.41, 5.74) is 2.17. The Bertz CT molecular complexity index is 797. The molecular weight excluding hydrogens is 319 g/mol. The molecule has 6 nitrogen and oxygen atoms in total. The number of aryl methyl sites for hydroxylation is 1. The molecule has 0 bridgehead atoms. The smallest absolute Gasteiger partial charge is 0.465 e. The van der Waals surface area contributed by atoms with Crippen LogP contribution >= 0.6 is 0 Å². The molecule has 1 aliphatic heterocycles. The van der Waals surface area contributed by atoms with Crippen LogP contribution in [0.3, 0.4) is 0 Å². The Balaban J connectivity index is 1.93. The summed E-state index contributed by atoms with van der Waals surface area (Å²) in [6.07, 6.45) is 1.78. The monoisotopic (exact) mass is 344 g/mol. The van der Waals surface area contributed by atoms with Crippen LogP contribution in [0.25, 0.3) is 10.9 Å². The molecule has 0 atom stereocenters. The second-order valence-electron chi connectivity index (χ2n) is 7.41. The van der Waals surface area contributed by atoms with Crippen LogP contribution < -0.4 is 5.46 Å². The Kier molecular flexibility index (Phi) is 4.41. The van der Waals surface area contributed by atoms with Crippen molar-refractivity contribution in [3.63, 3.8) is 0 Å². The molecule has 1 saturated heterocycles. The largest absolute Gasteiger partial charge is 0.495 e. The van der Waals surface area contributed by atoms with Crippen molar-refractivity contribution in [1.29, 1.82) is 0 Å². The maximum absolute atomic E-state index is 11.7. The third-order valence-electron chi connectivity index (χ3n) is 5.23. The molecule has 0 unspecified atom stereocenters. The van der Waals surface area contributed by atoms with Crippen molar-refractivity contribution in [3.05, 3.63) is 23.9 Å². The molecule has 7 heteroatoms. The van der Waals surface area contributed by atoms with Crippen LogP contribution in [0.4, 0.5) is 0 Å². The van der Waals surface area contributed by atoms with E-state index in [-0.39, 0.29) is 23.7 Å². The van der Waals surface area contributed by atoms with Crippen molar-refractivity contribution < 1.29 is 18.8 Å². The van der Waals surface area contributed by atoms with Crippen LogP contribution in [0.2, 0.25) is 0 Å². The molecule has 0 spiro atoms. The van der Waals surface area contributed by atoms with E-state index in [1.54, 1.807) is 17.8 Å². The molecule has 0 amide bonds. The highest BCUT2D eigenvalue weighted by Crippen LogP contribution is 2.37. The summed E-state index contributed by atoms with van der Waals surface area (Å²) in [5.74, 6) is -0.291. The number of carbonyl (C=O) groups excluding carboxylic acids is 1. The zero-order valence-electron chi connectivity index (χ0n) is 15.8. The molecule has 0 saturated carbocycles. The van der Waals surface area contributed by atoms with Crippen LogP contribution in [0.1, 0.15) is 40.2 Å². The van der Waals surface area contributed by atoms with Crippen molar-refractivity contribution in [2.75, 3.05) is 6.61 Å². The molecule has 0 radical (unpaired) electrons. The minimum atomic E-state index is -0.414. The van der Waals surface area contributed by atoms with Gasteiger partial charge in [-0.25, -0.2) is 0 Å². The molecule has 1 aliphatic rings. The molecule has 1 aromatic heterocycles. The van der Waals surface area contributed by atoms with Gasteiger partial charge in [-0.3, -0.25) is 9.48 Å². The summed E-state index contributed by atoms with van der Waals surface area (Å²) in [6.45, 7) is 12.4. The normalized spacial score (nSPS) is 18.7. The lowest BCUT2D eigenvalue weighted by atomic mass is 9.75. The number of carbonyl (C=O) groups is 1. The lowest BCUT2D eigenvalue weighted by Crippen LogP contribution is -2.41. The molecule has 2 heterocycles. The van der Waals surface area contributed by atoms with Gasteiger partial charge < -0.3 is 14.0 Å². The van der Waals surface area contributed by atoms with Crippen LogP contribution in [0.5, 0.6) is 0 Å². The fraction of sp³-hybridized carbons (Fsp3) is 0.556. The van der Waals surface area contributed by atoms with E-state index in [1.165, 1.54) is 0 Å². The number of hydrogen-bond acceptors (Lipinski definition) is 5. The minimum Gasteiger partial charge on any atom is -0.465 e. The predicted octanol–water partition coefficient (Wildman–Crippen LogP) is 2.21. The fourth-order valence-corrected chi connectivity index (χ4v) is 2.99. The average molecular weight is 344 g/mol. The molecule has 3 rings (SSSR count). The maximum Gasteiger partial charge on any atom is 0.495 e. The van der Waals surface area contributed by atoms with Gasteiger partial charge in [0.1, 0.15) is 6.54 Å². The molecule has 0 aliphatic carbocycles. The quantitative estimate of drug-likeness (QED) is 0.629. The zero-order valence-corrected chi connectivity index (χ0v) is 15.8. The average Bonchev–Trinajstić information content (AvgIpc) is 2.99. The SMILES string of the molecule is CCOC(=O)Cn1ncc2c(C)c(B3OC(C)(C)C(C)(C)O3)ccc21. The molecule has 25 heavy (non-hydrogen) atoms. The third kappa shape index (κ3) is 3.07. The summed E-state index contributed by atoms with van der Waals surface area (Å²) >= 11 is 0. The summed E-state index contributed by atoms with van der Waals surface area (Å²) < 4.78 is 19.0. The van der Waals surface area contributed by atoms with Gasteiger partial charge in [-0.1, -0.05) is 6.07 Å². The maximum atomic E-state index is 11.7. The molecule has 134 valence electrons. The fourth-order valence-electron chi connectivity index (χ4n) is 2.99. The van der Waals surface area contributed by atoms with E-state index in [2.05, 4.69) is 5.10 Å². The van der Waals surface area contributed by atoms with Crippen molar-refractivity contribution in [2.24, 2.45) is 0 Å². The number of fused-ring (bicyclic) bond motifs is 1. The zero-order chi connectivity index (χ0) is 18.4. The third-order valence-corrected chi connectivity index (χ3v) is 5.23. The van der Waals surface area contributed by atoms with Crippen molar-refractivity contribution in [2.45, 2.75) is 59.3 Å². The first-order chi connectivity index (χ1) is 11.7. The molecule has 1 fully saturated rings. The van der Waals surface area contributed by atoms with E-state index in [4.69, 9.17) is 14.0 Å². The Morgan fingerprint density at radius 1 is 1.24 bits per heavy atom. The second kappa shape index (κ2) is 6.14. The van der Waals surface area contributed by atoms with E-state index >= 15 is 0 Å². The topological polar surface area (TPSA) is 62.6 Å². The van der Waals surface area contributed by atoms with E-state index in [1.807, 2.05) is 46.8 Å². The second-order valence-corrected chi connectivity index (χ2v) is 7.41. The first-order valence-corrected chi connectivity index (χ1v) is 8.62. The van der Waals surface area contributed by atoms with Gasteiger partial charge in [-0.2, -0.15) is 5.10 Å². The molecule has 2 aromatic rings. The minimum absolute atomic E-state index is 0.104. The highest BCUT2D eigenvalue weighted by Gasteiger charge is 2.52. The summed E-state index contributed by atoms with van der Waals surface area (Å²) in [7, 11) is -0.414. The van der Waals surface area contributed by atoms with Gasteiger partial charge in [0.25, 0.3) is 0 Å². The highest BCUT2D eigenvalue weighted by atomic mass is 16.7. The van der Waals surface area contributed by atoms with Gasteiger partial charge in [-0.15, -0.1) is 0 Å². The van der Waals surface area contributed by atoms with E-state index < -0.39 is 7.12 Å². The Morgan fingerprint density at radius 3 is 2.48 bits per heavy atom. The first kappa shape index (κ1) is 18.0. The van der Waals surface area contributed by atoms with Crippen molar-refractivity contribution >= 4 is 29.5 Å². The van der Waals surface area contributed by atoms with Gasteiger partial charge in [0, 0.05) is 5.39 Å². The predicted molar refractivity (Wildman–Crippen MR) is 96.8 cm³/mol. The van der Waals surface area contributed by atoms with Crippen LogP contribution in [-0.2, 0) is 25.4 Å². The van der Waals surface area contributed by atoms with Crippen LogP contribution in [-0.4, -0.2) is 40.7 Å². The number of aromatic nitrogens is 2. The first-order valence-electron chi connectivity index (χ1n) is 8.62. The van der Waals surface area contributed by atoms with E-state index in [0.29, 0.717) is 6.61 Å². The number of rotatable bonds is 4. The molecular formula is C18H25BN2O4. The summed E-state index contributed by atoms with van der Waals surface area (Å²) in [5, 5.41) is 5.32. The summed E-state index contributed by atoms with van der Waals surface area (Å²) in [6, 6.07) is 3.94. The Hall–Kier alpha value is -1.86. The molecule has 0 N–H and O–H groups in total. The van der Waals surface area contributed by atoms with Crippen molar-refractivity contribution in [3.8, 4) is 0 Å². The Morgan fingerprint density at radius 2 is 1.88 bits per heavy atom.